The first kappa shape index (κ1) is 59.7. The van der Waals surface area contributed by atoms with Crippen LogP contribution in [0.4, 0.5) is 102 Å². The highest BCUT2D eigenvalue weighted by molar-refractivity contribution is 7.07. The lowest BCUT2D eigenvalue weighted by molar-refractivity contribution is 0.590. The van der Waals surface area contributed by atoms with E-state index in [4.69, 9.17) is 0 Å². The maximum absolute atomic E-state index is 2.76. The number of rotatable bonds is 8. The maximum atomic E-state index is 2.76. The van der Waals surface area contributed by atoms with Crippen molar-refractivity contribution in [3.63, 3.8) is 0 Å². The molecule has 0 aromatic heterocycles. The van der Waals surface area contributed by atoms with Gasteiger partial charge in [0.05, 0.1) is 11.4 Å². The average molecular weight is 1320 g/mol. The van der Waals surface area contributed by atoms with Gasteiger partial charge in [-0.1, -0.05) is 242 Å². The zero-order chi connectivity index (χ0) is 68.7. The van der Waals surface area contributed by atoms with Crippen molar-refractivity contribution in [2.24, 2.45) is 0 Å². The summed E-state index contributed by atoms with van der Waals surface area (Å²) in [5.74, 6) is 0. The molecule has 15 aromatic carbocycles. The van der Waals surface area contributed by atoms with Gasteiger partial charge in [-0.2, -0.15) is 0 Å². The number of benzene rings is 15. The fourth-order valence-electron chi connectivity index (χ4n) is 18.4. The monoisotopic (exact) mass is 1320 g/mol. The van der Waals surface area contributed by atoms with Crippen LogP contribution in [-0.4, -0.2) is 20.1 Å². The SMILES string of the molecule is CC(C)(C)c1ccc2c(c1)B1c3cc(C(C)(C)C)ccc3N3c4cc(N(c5ccccc5)c5ccc6ccccc6c5)cc5c4B(c4ccccc4N5c4ccccc4)c4cc5c(c1c43)N2c1cc(N(c2ccccc2)c2ccc3ccccc3c2)cc2c1B5c1ccccc1N2c1ccccc1. The van der Waals surface area contributed by atoms with Gasteiger partial charge in [-0.25, -0.2) is 0 Å². The number of para-hydroxylation sites is 6. The summed E-state index contributed by atoms with van der Waals surface area (Å²) < 4.78 is 0. The van der Waals surface area contributed by atoms with Gasteiger partial charge in [-0.3, -0.25) is 0 Å². The molecule has 0 bridgehead atoms. The van der Waals surface area contributed by atoms with Gasteiger partial charge in [0, 0.05) is 91.0 Å². The smallest absolute Gasteiger partial charge is 0.252 e. The largest absolute Gasteiger partial charge is 0.312 e. The third-order valence-electron chi connectivity index (χ3n) is 22.9. The lowest BCUT2D eigenvalue weighted by Gasteiger charge is -2.53. The Kier molecular flexibility index (Phi) is 12.8. The third kappa shape index (κ3) is 8.85. The van der Waals surface area contributed by atoms with Crippen LogP contribution in [0.15, 0.2) is 322 Å². The third-order valence-corrected chi connectivity index (χ3v) is 22.9. The van der Waals surface area contributed by atoms with E-state index in [2.05, 4.69) is 392 Å². The highest BCUT2D eigenvalue weighted by Gasteiger charge is 2.56. The topological polar surface area (TPSA) is 19.4 Å². The highest BCUT2D eigenvalue weighted by atomic mass is 15.2. The van der Waals surface area contributed by atoms with Gasteiger partial charge in [-0.05, 0) is 214 Å². The van der Waals surface area contributed by atoms with E-state index in [-0.39, 0.29) is 31.0 Å². The summed E-state index contributed by atoms with van der Waals surface area (Å²) in [6, 6.07) is 122. The molecule has 0 saturated heterocycles. The first-order chi connectivity index (χ1) is 50.4. The lowest BCUT2D eigenvalue weighted by atomic mass is 9.25. The number of hydrogen-bond donors (Lipinski definition) is 0. The second-order valence-electron chi connectivity index (χ2n) is 30.8. The van der Waals surface area contributed by atoms with Crippen LogP contribution < -0.4 is 78.6 Å². The van der Waals surface area contributed by atoms with E-state index in [0.717, 1.165) is 56.9 Å². The van der Waals surface area contributed by atoms with E-state index in [0.29, 0.717) is 0 Å². The van der Waals surface area contributed by atoms with E-state index >= 15 is 0 Å². The molecule has 0 aliphatic carbocycles. The minimum Gasteiger partial charge on any atom is -0.312 e. The van der Waals surface area contributed by atoms with Crippen molar-refractivity contribution in [2.75, 3.05) is 29.4 Å². The molecule has 9 heteroatoms. The minimum absolute atomic E-state index is 0.157. The zero-order valence-electron chi connectivity index (χ0n) is 58.5. The lowest BCUT2D eigenvalue weighted by Crippen LogP contribution is -2.72. The van der Waals surface area contributed by atoms with Crippen molar-refractivity contribution in [1.29, 1.82) is 0 Å². The molecule has 6 aliphatic rings. The fourth-order valence-corrected chi connectivity index (χ4v) is 18.4. The van der Waals surface area contributed by atoms with Crippen LogP contribution in [0.5, 0.6) is 0 Å². The van der Waals surface area contributed by atoms with Crippen LogP contribution >= 0.6 is 0 Å². The average Bonchev–Trinajstić information content (AvgIpc) is 0.657. The Morgan fingerprint density at radius 2 is 0.563 bits per heavy atom. The standard InChI is InChI=1S/C94H71B3N6/c1-93(2,3)64-45-49-82-76(53-64)97-77-54-65(94(4,5)6)46-50-83(77)103-87-58-73(99(67-33-13-8-14-34-67)71-48-44-61-28-20-22-30-63(61)52-71)56-85-89(87)96(75-40-24-26-42-81(75)101(85)69-37-17-10-18-38-69)79-59-78-91(90(97)92(79)103)102(82)86-57-72(98(66-31-11-7-12-32-66)70-47-43-60-27-19-21-29-62(60)51-70)55-84-88(86)95(78)74-39-23-25-41-80(74)100(84)68-35-15-9-16-36-68/h7-59H,1-6H3. The van der Waals surface area contributed by atoms with E-state index in [1.165, 1.54) is 127 Å². The normalized spacial score (nSPS) is 13.8. The van der Waals surface area contributed by atoms with E-state index in [1.54, 1.807) is 0 Å². The van der Waals surface area contributed by atoms with Crippen molar-refractivity contribution in [3.8, 4) is 0 Å². The minimum atomic E-state index is -0.176. The van der Waals surface area contributed by atoms with Gasteiger partial charge in [0.25, 0.3) is 20.1 Å². The summed E-state index contributed by atoms with van der Waals surface area (Å²) in [5, 5.41) is 4.81. The van der Waals surface area contributed by atoms with Crippen molar-refractivity contribution >= 4 is 193 Å². The molecule has 6 nitrogen and oxygen atoms in total. The van der Waals surface area contributed by atoms with Gasteiger partial charge in [0.15, 0.2) is 0 Å². The van der Waals surface area contributed by atoms with Gasteiger partial charge in [0.2, 0.25) is 0 Å². The molecule has 0 spiro atoms. The van der Waals surface area contributed by atoms with Crippen LogP contribution in [0.25, 0.3) is 21.5 Å². The number of anilines is 18. The molecule has 103 heavy (non-hydrogen) atoms. The number of hydrogen-bond acceptors (Lipinski definition) is 6. The van der Waals surface area contributed by atoms with Crippen LogP contribution in [0, 0.1) is 0 Å². The van der Waals surface area contributed by atoms with Crippen LogP contribution in [-0.2, 0) is 10.8 Å². The summed E-state index contributed by atoms with van der Waals surface area (Å²) in [6.45, 7) is 13.8. The van der Waals surface area contributed by atoms with Crippen molar-refractivity contribution in [3.05, 3.63) is 333 Å². The van der Waals surface area contributed by atoms with Crippen LogP contribution in [0.2, 0.25) is 0 Å². The van der Waals surface area contributed by atoms with E-state index in [9.17, 15) is 0 Å². The van der Waals surface area contributed by atoms with Gasteiger partial charge in [-0.15, -0.1) is 0 Å². The van der Waals surface area contributed by atoms with Crippen LogP contribution in [0.1, 0.15) is 52.7 Å². The highest BCUT2D eigenvalue weighted by Crippen LogP contribution is 2.54. The summed E-state index contributed by atoms with van der Waals surface area (Å²) >= 11 is 0. The molecule has 6 heterocycles. The Morgan fingerprint density at radius 1 is 0.223 bits per heavy atom. The Morgan fingerprint density at radius 3 is 0.971 bits per heavy atom. The molecule has 0 radical (unpaired) electrons. The zero-order valence-corrected chi connectivity index (χ0v) is 58.5. The van der Waals surface area contributed by atoms with Crippen LogP contribution in [0.3, 0.4) is 0 Å². The Balaban J connectivity index is 0.923. The first-order valence-corrected chi connectivity index (χ1v) is 36.4. The van der Waals surface area contributed by atoms with Gasteiger partial charge >= 0.3 is 0 Å². The molecule has 15 aromatic rings. The van der Waals surface area contributed by atoms with Crippen molar-refractivity contribution < 1.29 is 0 Å². The Bertz CT molecular complexity index is 5680. The van der Waals surface area contributed by atoms with Gasteiger partial charge < -0.3 is 29.4 Å². The number of nitrogens with zero attached hydrogens (tertiary/aromatic N) is 6. The summed E-state index contributed by atoms with van der Waals surface area (Å²) in [5.41, 5.74) is 34.9. The maximum Gasteiger partial charge on any atom is 0.252 e. The molecule has 6 aliphatic heterocycles. The molecule has 21 rings (SSSR count). The predicted molar refractivity (Wildman–Crippen MR) is 441 cm³/mol. The molecular formula is C94H71B3N6. The molecule has 0 atom stereocenters. The van der Waals surface area contributed by atoms with Crippen molar-refractivity contribution in [2.45, 2.75) is 52.4 Å². The number of fused-ring (bicyclic) bond motifs is 16. The molecular weight excluding hydrogens is 1250 g/mol. The molecule has 0 fully saturated rings. The first-order valence-electron chi connectivity index (χ1n) is 36.4. The van der Waals surface area contributed by atoms with Gasteiger partial charge in [0.1, 0.15) is 0 Å². The van der Waals surface area contributed by atoms with Crippen molar-refractivity contribution in [1.82, 2.24) is 0 Å². The second kappa shape index (κ2) is 22.2. The molecule has 0 unspecified atom stereocenters. The molecule has 0 saturated carbocycles. The summed E-state index contributed by atoms with van der Waals surface area (Å²) in [7, 11) is 0. The Hall–Kier alpha value is -12.2. The Labute approximate surface area is 603 Å². The second-order valence-corrected chi connectivity index (χ2v) is 30.8. The molecule has 0 amide bonds. The van der Waals surface area contributed by atoms with E-state index < -0.39 is 0 Å². The molecule has 0 N–H and O–H groups in total. The van der Waals surface area contributed by atoms with E-state index in [1.807, 2.05) is 0 Å². The summed E-state index contributed by atoms with van der Waals surface area (Å²) in [6.07, 6.45) is 0. The molecule has 486 valence electrons. The summed E-state index contributed by atoms with van der Waals surface area (Å²) in [4.78, 5) is 15.7. The predicted octanol–water partition coefficient (Wildman–Crippen LogP) is 18.8. The fraction of sp³-hybridized carbons (Fsp3) is 0.0851. The quantitative estimate of drug-likeness (QED) is 0.140.